The van der Waals surface area contributed by atoms with Crippen LogP contribution in [0.1, 0.15) is 25.5 Å². The Morgan fingerprint density at radius 2 is 1.94 bits per heavy atom. The molecule has 1 fully saturated rings. The molecule has 2 amide bonds. The Kier molecular flexibility index (Phi) is 3.38. The molecule has 0 radical (unpaired) electrons. The monoisotopic (exact) mass is 253 g/mol. The number of likely N-dealkylation sites (tertiary alicyclic amines) is 1. The maximum atomic E-state index is 11.7. The molecule has 0 aromatic carbocycles. The first-order valence-corrected chi connectivity index (χ1v) is 5.73. The van der Waals surface area contributed by atoms with Crippen molar-refractivity contribution in [2.24, 2.45) is 5.92 Å². The van der Waals surface area contributed by atoms with Gasteiger partial charge in [-0.2, -0.15) is 0 Å². The molecule has 17 heavy (non-hydrogen) atoms. The molecule has 1 aliphatic rings. The number of aromatic nitrogens is 2. The average Bonchev–Trinajstić information content (AvgIpc) is 2.26. The van der Waals surface area contributed by atoms with E-state index in [4.69, 9.17) is 11.6 Å². The highest BCUT2D eigenvalue weighted by molar-refractivity contribution is 6.29. The van der Waals surface area contributed by atoms with Crippen LogP contribution in [0.5, 0.6) is 0 Å². The third kappa shape index (κ3) is 2.79. The lowest BCUT2D eigenvalue weighted by Gasteiger charge is -2.27. The molecule has 6 heteroatoms. The van der Waals surface area contributed by atoms with E-state index < -0.39 is 0 Å². The molecular formula is C11H12ClN3O2. The predicted octanol–water partition coefficient (Wildman–Crippen LogP) is 1.42. The van der Waals surface area contributed by atoms with Gasteiger partial charge in [-0.25, -0.2) is 4.98 Å². The van der Waals surface area contributed by atoms with Crippen molar-refractivity contribution in [1.29, 1.82) is 0 Å². The van der Waals surface area contributed by atoms with Gasteiger partial charge in [0.15, 0.2) is 0 Å². The van der Waals surface area contributed by atoms with Crippen LogP contribution >= 0.6 is 11.6 Å². The van der Waals surface area contributed by atoms with Crippen LogP contribution in [0.2, 0.25) is 5.15 Å². The van der Waals surface area contributed by atoms with Gasteiger partial charge in [0.1, 0.15) is 5.15 Å². The van der Waals surface area contributed by atoms with Gasteiger partial charge in [0, 0.05) is 12.8 Å². The van der Waals surface area contributed by atoms with E-state index in [1.54, 1.807) is 0 Å². The van der Waals surface area contributed by atoms with Crippen LogP contribution in [0, 0.1) is 5.92 Å². The topological polar surface area (TPSA) is 63.2 Å². The summed E-state index contributed by atoms with van der Waals surface area (Å²) in [5.41, 5.74) is 0.561. The number of carbonyl (C=O) groups is 2. The molecule has 90 valence electrons. The van der Waals surface area contributed by atoms with Crippen molar-refractivity contribution in [2.75, 3.05) is 0 Å². The minimum absolute atomic E-state index is 0.127. The number of imide groups is 1. The van der Waals surface area contributed by atoms with E-state index in [1.807, 2.05) is 6.92 Å². The van der Waals surface area contributed by atoms with Gasteiger partial charge < -0.3 is 0 Å². The molecule has 1 aliphatic heterocycles. The largest absolute Gasteiger partial charge is 0.276 e. The Bertz CT molecular complexity index is 429. The van der Waals surface area contributed by atoms with E-state index in [0.717, 1.165) is 0 Å². The van der Waals surface area contributed by atoms with E-state index in [9.17, 15) is 9.59 Å². The molecular weight excluding hydrogens is 242 g/mol. The van der Waals surface area contributed by atoms with E-state index in [2.05, 4.69) is 9.97 Å². The lowest BCUT2D eigenvalue weighted by Crippen LogP contribution is -2.42. The van der Waals surface area contributed by atoms with E-state index in [1.165, 1.54) is 17.3 Å². The minimum atomic E-state index is -0.148. The first kappa shape index (κ1) is 12.0. The Morgan fingerprint density at radius 1 is 1.29 bits per heavy atom. The van der Waals surface area contributed by atoms with Gasteiger partial charge in [-0.15, -0.1) is 0 Å². The lowest BCUT2D eigenvalue weighted by atomic mass is 9.98. The van der Waals surface area contributed by atoms with Crippen LogP contribution in [0.3, 0.4) is 0 Å². The summed E-state index contributed by atoms with van der Waals surface area (Å²) in [6.07, 6.45) is 3.69. The van der Waals surface area contributed by atoms with E-state index in [0.29, 0.717) is 23.7 Å². The number of halogens is 1. The highest BCUT2D eigenvalue weighted by atomic mass is 35.5. The first-order valence-electron chi connectivity index (χ1n) is 5.36. The fourth-order valence-electron chi connectivity index (χ4n) is 1.79. The summed E-state index contributed by atoms with van der Waals surface area (Å²) in [5.74, 6) is -0.168. The molecule has 5 nitrogen and oxygen atoms in total. The molecule has 0 bridgehead atoms. The van der Waals surface area contributed by atoms with Gasteiger partial charge in [0.25, 0.3) is 0 Å². The third-order valence-corrected chi connectivity index (χ3v) is 2.84. The van der Waals surface area contributed by atoms with Gasteiger partial charge in [-0.05, 0) is 5.92 Å². The number of piperidine rings is 1. The number of nitrogens with zero attached hydrogens (tertiary/aromatic N) is 3. The Morgan fingerprint density at radius 3 is 2.47 bits per heavy atom. The standard InChI is InChI=1S/C11H12ClN3O2/c1-7-2-10(16)15(11(17)3-7)6-8-4-14-9(12)5-13-8/h4-5,7H,2-3,6H2,1H3. The molecule has 0 spiro atoms. The summed E-state index contributed by atoms with van der Waals surface area (Å²) in [5, 5.41) is 0.290. The maximum absolute atomic E-state index is 11.7. The molecule has 0 unspecified atom stereocenters. The highest BCUT2D eigenvalue weighted by Gasteiger charge is 2.30. The van der Waals surface area contributed by atoms with E-state index >= 15 is 0 Å². The van der Waals surface area contributed by atoms with Crippen molar-refractivity contribution in [1.82, 2.24) is 14.9 Å². The lowest BCUT2D eigenvalue weighted by molar-refractivity contribution is -0.150. The van der Waals surface area contributed by atoms with Gasteiger partial charge in [-0.3, -0.25) is 19.5 Å². The fourth-order valence-corrected chi connectivity index (χ4v) is 1.88. The second-order valence-electron chi connectivity index (χ2n) is 4.22. The van der Waals surface area contributed by atoms with Crippen molar-refractivity contribution in [3.63, 3.8) is 0 Å². The molecule has 0 saturated carbocycles. The summed E-state index contributed by atoms with van der Waals surface area (Å²) in [6, 6.07) is 0. The van der Waals surface area contributed by atoms with Crippen LogP contribution in [-0.2, 0) is 16.1 Å². The molecule has 1 saturated heterocycles. The minimum Gasteiger partial charge on any atom is -0.276 e. The molecule has 1 aromatic rings. The highest BCUT2D eigenvalue weighted by Crippen LogP contribution is 2.20. The number of hydrogen-bond acceptors (Lipinski definition) is 4. The molecule has 0 atom stereocenters. The van der Waals surface area contributed by atoms with Crippen molar-refractivity contribution in [3.05, 3.63) is 23.2 Å². The Hall–Kier alpha value is -1.49. The van der Waals surface area contributed by atoms with Gasteiger partial charge in [-0.1, -0.05) is 18.5 Å². The summed E-state index contributed by atoms with van der Waals surface area (Å²) in [4.78, 5) is 32.6. The molecule has 2 rings (SSSR count). The summed E-state index contributed by atoms with van der Waals surface area (Å²) >= 11 is 5.61. The maximum Gasteiger partial charge on any atom is 0.229 e. The van der Waals surface area contributed by atoms with Crippen LogP contribution in [-0.4, -0.2) is 26.7 Å². The molecule has 0 aliphatic carbocycles. The summed E-state index contributed by atoms with van der Waals surface area (Å²) in [6.45, 7) is 2.07. The van der Waals surface area contributed by atoms with Gasteiger partial charge in [0.2, 0.25) is 11.8 Å². The third-order valence-electron chi connectivity index (χ3n) is 2.64. The number of carbonyl (C=O) groups excluding carboxylic acids is 2. The quantitative estimate of drug-likeness (QED) is 0.748. The van der Waals surface area contributed by atoms with Crippen LogP contribution < -0.4 is 0 Å². The normalized spacial score (nSPS) is 17.6. The molecule has 1 aromatic heterocycles. The zero-order valence-corrected chi connectivity index (χ0v) is 10.1. The fraction of sp³-hybridized carbons (Fsp3) is 0.455. The van der Waals surface area contributed by atoms with Gasteiger partial charge in [0.05, 0.1) is 24.6 Å². The summed E-state index contributed by atoms with van der Waals surface area (Å²) in [7, 11) is 0. The van der Waals surface area contributed by atoms with Crippen LogP contribution in [0.15, 0.2) is 12.4 Å². The predicted molar refractivity (Wildman–Crippen MR) is 61.0 cm³/mol. The molecule has 2 heterocycles. The van der Waals surface area contributed by atoms with Crippen molar-refractivity contribution >= 4 is 23.4 Å². The van der Waals surface area contributed by atoms with Crippen LogP contribution in [0.25, 0.3) is 0 Å². The smallest absolute Gasteiger partial charge is 0.229 e. The van der Waals surface area contributed by atoms with Crippen molar-refractivity contribution in [2.45, 2.75) is 26.3 Å². The first-order chi connectivity index (χ1) is 8.06. The van der Waals surface area contributed by atoms with E-state index in [-0.39, 0.29) is 24.3 Å². The van der Waals surface area contributed by atoms with Crippen molar-refractivity contribution in [3.8, 4) is 0 Å². The summed E-state index contributed by atoms with van der Waals surface area (Å²) < 4.78 is 0. The zero-order chi connectivity index (χ0) is 12.4. The Labute approximate surface area is 104 Å². The Balaban J connectivity index is 2.10. The SMILES string of the molecule is CC1CC(=O)N(Cc2cnc(Cl)cn2)C(=O)C1. The second-order valence-corrected chi connectivity index (χ2v) is 4.60. The zero-order valence-electron chi connectivity index (χ0n) is 9.39. The number of hydrogen-bond donors (Lipinski definition) is 0. The second kappa shape index (κ2) is 4.79. The molecule has 0 N–H and O–H groups in total. The van der Waals surface area contributed by atoms with Crippen molar-refractivity contribution < 1.29 is 9.59 Å². The number of amides is 2. The average molecular weight is 254 g/mol. The number of rotatable bonds is 2. The van der Waals surface area contributed by atoms with Crippen LogP contribution in [0.4, 0.5) is 0 Å². The van der Waals surface area contributed by atoms with Gasteiger partial charge >= 0.3 is 0 Å².